The number of allylic oxidation sites excluding steroid dienone is 1. The molecule has 0 spiro atoms. The second-order valence-corrected chi connectivity index (χ2v) is 8.66. The van der Waals surface area contributed by atoms with E-state index in [1.807, 2.05) is 31.2 Å². The molecule has 1 amide bonds. The molecule has 0 heterocycles. The minimum absolute atomic E-state index is 0. The third-order valence-corrected chi connectivity index (χ3v) is 4.91. The number of halogens is 1. The lowest BCUT2D eigenvalue weighted by atomic mass is 10.2. The molecule has 0 atom stereocenters. The minimum atomic E-state index is -0.548. The average molecular weight is 493 g/mol. The summed E-state index contributed by atoms with van der Waals surface area (Å²) in [6.07, 6.45) is 0. The summed E-state index contributed by atoms with van der Waals surface area (Å²) in [7, 11) is 6.29. The Morgan fingerprint density at radius 3 is 2.17 bits per heavy atom. The van der Waals surface area contributed by atoms with E-state index in [2.05, 4.69) is 53.0 Å². The Kier molecular flexibility index (Phi) is 9.39. The molecular weight excluding hydrogens is 464 g/mol. The van der Waals surface area contributed by atoms with E-state index in [4.69, 9.17) is 0 Å². The summed E-state index contributed by atoms with van der Waals surface area (Å²) in [5, 5.41) is 29.4. The molecule has 0 unspecified atom stereocenters. The second kappa shape index (κ2) is 12.0. The third-order valence-electron chi connectivity index (χ3n) is 4.91. The monoisotopic (exact) mass is 492 g/mol. The van der Waals surface area contributed by atoms with E-state index >= 15 is 0 Å². The number of aliphatic hydroxyl groups excluding tert-OH is 1. The van der Waals surface area contributed by atoms with Crippen molar-refractivity contribution in [3.63, 3.8) is 0 Å². The average Bonchev–Trinajstić information content (AvgIpc) is 2.78. The van der Waals surface area contributed by atoms with Crippen molar-refractivity contribution >= 4 is 34.3 Å². The summed E-state index contributed by atoms with van der Waals surface area (Å²) in [4.78, 5) is 12.5. The number of nitrogens with zero attached hydrogens (tertiary/aromatic N) is 5. The van der Waals surface area contributed by atoms with Gasteiger partial charge in [-0.1, -0.05) is 24.3 Å². The number of benzene rings is 3. The molecule has 2 N–H and O–H groups in total. The van der Waals surface area contributed by atoms with Gasteiger partial charge in [-0.15, -0.1) is 5.11 Å². The Labute approximate surface area is 211 Å². The zero-order valence-electron chi connectivity index (χ0n) is 20.4. The summed E-state index contributed by atoms with van der Waals surface area (Å²) in [5.74, 6) is -0.774. The summed E-state index contributed by atoms with van der Waals surface area (Å²) in [5.41, 5.74) is 4.40. The number of carbonyl (C=O) groups is 1. The van der Waals surface area contributed by atoms with Crippen LogP contribution in [0.1, 0.15) is 12.5 Å². The molecule has 9 heteroatoms. The Bertz CT molecular complexity index is 1260. The number of hydrogen-bond donors (Lipinski definition) is 2. The van der Waals surface area contributed by atoms with Crippen molar-refractivity contribution in [2.24, 2.45) is 20.5 Å². The first-order chi connectivity index (χ1) is 16.1. The fourth-order valence-electron chi connectivity index (χ4n) is 3.00. The molecular formula is C26H29ClN6O2. The standard InChI is InChI=1S/C26H28N6O2.ClH/c1-18-16-22(29-31-25(19(2)33)26(34)27-20-10-7-6-8-11-20)14-15-24(18)30-28-21-12-9-13-23(17-21)32(3,4)5;/h6-17H,1-5H3,(H-,27,28,29,33,34);1H. The predicted octanol–water partition coefficient (Wildman–Crippen LogP) is 4.12. The maximum Gasteiger partial charge on any atom is 0.279 e. The van der Waals surface area contributed by atoms with Crippen molar-refractivity contribution in [3.05, 3.63) is 89.8 Å². The number of carbonyl (C=O) groups excluding carboxylic acids is 1. The molecule has 0 bridgehead atoms. The number of aryl methyl sites for hydroxylation is 1. The van der Waals surface area contributed by atoms with Crippen LogP contribution in [0.5, 0.6) is 0 Å². The van der Waals surface area contributed by atoms with Gasteiger partial charge in [0.05, 0.1) is 38.2 Å². The molecule has 0 fully saturated rings. The van der Waals surface area contributed by atoms with Crippen LogP contribution in [0.15, 0.2) is 105 Å². The maximum atomic E-state index is 12.5. The lowest BCUT2D eigenvalue weighted by Crippen LogP contribution is -3.00. The number of aliphatic hydroxyl groups is 1. The molecule has 35 heavy (non-hydrogen) atoms. The molecule has 0 aliphatic heterocycles. The highest BCUT2D eigenvalue weighted by Crippen LogP contribution is 2.28. The van der Waals surface area contributed by atoms with Gasteiger partial charge in [0.25, 0.3) is 5.91 Å². The number of quaternary nitrogens is 1. The normalized spacial score (nSPS) is 12.4. The number of amides is 1. The van der Waals surface area contributed by atoms with Gasteiger partial charge in [-0.3, -0.25) is 9.28 Å². The number of azo groups is 2. The van der Waals surface area contributed by atoms with Crippen LogP contribution < -0.4 is 22.2 Å². The van der Waals surface area contributed by atoms with Crippen molar-refractivity contribution in [3.8, 4) is 0 Å². The van der Waals surface area contributed by atoms with Gasteiger partial charge in [-0.25, -0.2) is 0 Å². The SMILES string of the molecule is C/C(O)=C(/N=Nc1ccc(N=Nc2cccc([N+](C)(C)C)c2)c(C)c1)C(=O)Nc1ccccc1.[Cl-]. The fraction of sp³-hybridized carbons (Fsp3) is 0.192. The summed E-state index contributed by atoms with van der Waals surface area (Å²) < 4.78 is 0.690. The molecule has 0 radical (unpaired) electrons. The van der Waals surface area contributed by atoms with E-state index in [0.717, 1.165) is 16.9 Å². The molecule has 3 rings (SSSR count). The van der Waals surface area contributed by atoms with Gasteiger partial charge < -0.3 is 22.8 Å². The van der Waals surface area contributed by atoms with Crippen LogP contribution >= 0.6 is 0 Å². The number of anilines is 1. The lowest BCUT2D eigenvalue weighted by molar-refractivity contribution is -0.113. The molecule has 8 nitrogen and oxygen atoms in total. The van der Waals surface area contributed by atoms with E-state index in [0.29, 0.717) is 21.5 Å². The molecule has 3 aromatic rings. The molecule has 182 valence electrons. The van der Waals surface area contributed by atoms with Crippen LogP contribution in [0.25, 0.3) is 0 Å². The first kappa shape index (κ1) is 27.4. The summed E-state index contributed by atoms with van der Waals surface area (Å²) in [6, 6.07) is 22.2. The summed E-state index contributed by atoms with van der Waals surface area (Å²) in [6.45, 7) is 3.28. The van der Waals surface area contributed by atoms with Gasteiger partial charge in [0.2, 0.25) is 0 Å². The first-order valence-corrected chi connectivity index (χ1v) is 10.8. The van der Waals surface area contributed by atoms with Crippen LogP contribution in [-0.2, 0) is 4.79 Å². The largest absolute Gasteiger partial charge is 1.00 e. The van der Waals surface area contributed by atoms with E-state index in [1.54, 1.807) is 42.5 Å². The Morgan fingerprint density at radius 1 is 0.857 bits per heavy atom. The smallest absolute Gasteiger partial charge is 0.279 e. The number of rotatable bonds is 7. The molecule has 0 saturated heterocycles. The van der Waals surface area contributed by atoms with Crippen molar-refractivity contribution in [1.82, 2.24) is 4.48 Å². The van der Waals surface area contributed by atoms with Crippen LogP contribution in [0.3, 0.4) is 0 Å². The second-order valence-electron chi connectivity index (χ2n) is 8.66. The number of para-hydroxylation sites is 1. The predicted molar refractivity (Wildman–Crippen MR) is 136 cm³/mol. The number of nitrogens with one attached hydrogen (secondary N) is 1. The highest BCUT2D eigenvalue weighted by atomic mass is 35.5. The molecule has 0 aliphatic rings. The van der Waals surface area contributed by atoms with Crippen LogP contribution in [-0.4, -0.2) is 32.2 Å². The zero-order chi connectivity index (χ0) is 24.7. The quantitative estimate of drug-likeness (QED) is 0.224. The van der Waals surface area contributed by atoms with Crippen LogP contribution in [0.4, 0.5) is 28.4 Å². The first-order valence-electron chi connectivity index (χ1n) is 10.8. The highest BCUT2D eigenvalue weighted by Gasteiger charge is 2.14. The van der Waals surface area contributed by atoms with Gasteiger partial charge in [-0.2, -0.15) is 15.3 Å². The van der Waals surface area contributed by atoms with Crippen molar-refractivity contribution in [2.75, 3.05) is 26.5 Å². The maximum absolute atomic E-state index is 12.5. The Balaban J connectivity index is 0.00000432. The topological polar surface area (TPSA) is 98.8 Å². The molecule has 0 aliphatic carbocycles. The van der Waals surface area contributed by atoms with Crippen LogP contribution in [0, 0.1) is 6.92 Å². The molecule has 0 saturated carbocycles. The van der Waals surface area contributed by atoms with E-state index in [-0.39, 0.29) is 23.9 Å². The van der Waals surface area contributed by atoms with Crippen molar-refractivity contribution in [2.45, 2.75) is 13.8 Å². The third kappa shape index (κ3) is 7.84. The molecule has 3 aromatic carbocycles. The van der Waals surface area contributed by atoms with Gasteiger partial charge in [0.1, 0.15) is 11.4 Å². The van der Waals surface area contributed by atoms with Crippen molar-refractivity contribution < 1.29 is 22.3 Å². The zero-order valence-corrected chi connectivity index (χ0v) is 21.2. The van der Waals surface area contributed by atoms with Gasteiger partial charge in [-0.05, 0) is 61.9 Å². The number of hydrogen-bond acceptors (Lipinski definition) is 6. The van der Waals surface area contributed by atoms with Gasteiger partial charge >= 0.3 is 0 Å². The Morgan fingerprint density at radius 2 is 1.54 bits per heavy atom. The van der Waals surface area contributed by atoms with E-state index in [1.165, 1.54) is 6.92 Å². The Hall–Kier alpha value is -3.88. The summed E-state index contributed by atoms with van der Waals surface area (Å²) >= 11 is 0. The highest BCUT2D eigenvalue weighted by molar-refractivity contribution is 6.03. The fourth-order valence-corrected chi connectivity index (χ4v) is 3.00. The van der Waals surface area contributed by atoms with Gasteiger partial charge in [0.15, 0.2) is 5.70 Å². The lowest BCUT2D eigenvalue weighted by Gasteiger charge is -2.23. The molecule has 0 aromatic heterocycles. The van der Waals surface area contributed by atoms with E-state index < -0.39 is 5.91 Å². The van der Waals surface area contributed by atoms with Crippen LogP contribution in [0.2, 0.25) is 0 Å². The minimum Gasteiger partial charge on any atom is -1.00 e. The van der Waals surface area contributed by atoms with Gasteiger partial charge in [0, 0.05) is 11.8 Å². The van der Waals surface area contributed by atoms with E-state index in [9.17, 15) is 9.90 Å². The van der Waals surface area contributed by atoms with Crippen molar-refractivity contribution in [1.29, 1.82) is 0 Å².